The number of aromatic nitrogens is 3. The molecule has 0 aliphatic heterocycles. The molecule has 18 heavy (non-hydrogen) atoms. The third-order valence-electron chi connectivity index (χ3n) is 2.64. The second kappa shape index (κ2) is 4.91. The van der Waals surface area contributed by atoms with Crippen molar-refractivity contribution in [3.05, 3.63) is 18.6 Å². The molecule has 7 nitrogen and oxygen atoms in total. The highest BCUT2D eigenvalue weighted by Gasteiger charge is 2.15. The van der Waals surface area contributed by atoms with Crippen molar-refractivity contribution < 1.29 is 4.79 Å². The van der Waals surface area contributed by atoms with Crippen LogP contribution in [0.2, 0.25) is 0 Å². The van der Waals surface area contributed by atoms with E-state index >= 15 is 0 Å². The summed E-state index contributed by atoms with van der Waals surface area (Å²) >= 11 is 0. The van der Waals surface area contributed by atoms with E-state index in [0.29, 0.717) is 23.8 Å². The molecule has 0 unspecified atom stereocenters. The molecule has 0 bridgehead atoms. The minimum absolute atomic E-state index is 0.124. The van der Waals surface area contributed by atoms with Crippen LogP contribution >= 0.6 is 0 Å². The zero-order valence-corrected chi connectivity index (χ0v) is 10.4. The number of rotatable bonds is 5. The summed E-state index contributed by atoms with van der Waals surface area (Å²) in [5.41, 5.74) is 5.95. The van der Waals surface area contributed by atoms with Gasteiger partial charge in [0.05, 0.1) is 12.7 Å². The number of hydrogen-bond donors (Lipinski definition) is 2. The van der Waals surface area contributed by atoms with Crippen molar-refractivity contribution in [3.8, 4) is 0 Å². The van der Waals surface area contributed by atoms with Crippen LogP contribution in [-0.4, -0.2) is 40.4 Å². The van der Waals surface area contributed by atoms with Crippen LogP contribution in [0.5, 0.6) is 0 Å². The number of fused-ring (bicyclic) bond motifs is 1. The van der Waals surface area contributed by atoms with Gasteiger partial charge >= 0.3 is 0 Å². The Balaban J connectivity index is 2.52. The summed E-state index contributed by atoms with van der Waals surface area (Å²) in [6.07, 6.45) is 5.36. The molecule has 0 radical (unpaired) electrons. The molecule has 0 saturated heterocycles. The highest BCUT2D eigenvalue weighted by Crippen LogP contribution is 2.20. The Bertz CT molecular complexity index is 564. The molecule has 2 heterocycles. The maximum atomic E-state index is 11.1. The van der Waals surface area contributed by atoms with E-state index in [0.717, 1.165) is 0 Å². The van der Waals surface area contributed by atoms with Gasteiger partial charge in [-0.3, -0.25) is 4.79 Å². The number of carbonyl (C=O) groups is 1. The van der Waals surface area contributed by atoms with Gasteiger partial charge in [-0.1, -0.05) is 0 Å². The minimum Gasteiger partial charge on any atom is -0.372 e. The lowest BCUT2D eigenvalue weighted by molar-refractivity contribution is -0.116. The first-order valence-corrected chi connectivity index (χ1v) is 5.70. The number of primary amides is 1. The van der Waals surface area contributed by atoms with Crippen LogP contribution in [0.25, 0.3) is 5.65 Å². The normalized spacial score (nSPS) is 10.6. The van der Waals surface area contributed by atoms with Crippen LogP contribution in [0.4, 0.5) is 11.6 Å². The quantitative estimate of drug-likeness (QED) is 0.782. The lowest BCUT2D eigenvalue weighted by atomic mass is 10.4. The third kappa shape index (κ3) is 2.20. The molecule has 3 N–H and O–H groups in total. The number of imidazole rings is 1. The zero-order chi connectivity index (χ0) is 13.1. The molecule has 0 aliphatic carbocycles. The predicted octanol–water partition coefficient (Wildman–Crippen LogP) is 0.0826. The van der Waals surface area contributed by atoms with E-state index < -0.39 is 5.91 Å². The SMILES string of the molecule is CCN(CC(N)=O)c1nc(NC)cn2ccnc12. The predicted molar refractivity (Wildman–Crippen MR) is 69.6 cm³/mol. The molecule has 0 aliphatic rings. The summed E-state index contributed by atoms with van der Waals surface area (Å²) in [6.45, 7) is 2.70. The van der Waals surface area contributed by atoms with Crippen LogP contribution in [0.3, 0.4) is 0 Å². The number of amides is 1. The topological polar surface area (TPSA) is 88.5 Å². The van der Waals surface area contributed by atoms with Gasteiger partial charge in [-0.05, 0) is 6.92 Å². The average Bonchev–Trinajstić information content (AvgIpc) is 2.82. The van der Waals surface area contributed by atoms with Crippen molar-refractivity contribution in [2.45, 2.75) is 6.92 Å². The Labute approximate surface area is 105 Å². The first-order valence-electron chi connectivity index (χ1n) is 5.70. The lowest BCUT2D eigenvalue weighted by Crippen LogP contribution is -2.34. The van der Waals surface area contributed by atoms with Gasteiger partial charge in [-0.25, -0.2) is 9.97 Å². The fourth-order valence-electron chi connectivity index (χ4n) is 1.77. The van der Waals surface area contributed by atoms with Crippen molar-refractivity contribution >= 4 is 23.2 Å². The van der Waals surface area contributed by atoms with Crippen molar-refractivity contribution in [2.24, 2.45) is 5.73 Å². The second-order valence-electron chi connectivity index (χ2n) is 3.84. The third-order valence-corrected chi connectivity index (χ3v) is 2.64. The van der Waals surface area contributed by atoms with Gasteiger partial charge < -0.3 is 20.4 Å². The summed E-state index contributed by atoms with van der Waals surface area (Å²) in [6, 6.07) is 0. The van der Waals surface area contributed by atoms with Gasteiger partial charge in [-0.15, -0.1) is 0 Å². The number of nitrogens with one attached hydrogen (secondary N) is 1. The number of anilines is 2. The molecule has 0 spiro atoms. The largest absolute Gasteiger partial charge is 0.372 e. The monoisotopic (exact) mass is 248 g/mol. The van der Waals surface area contributed by atoms with E-state index in [-0.39, 0.29) is 6.54 Å². The Kier molecular flexibility index (Phi) is 3.31. The van der Waals surface area contributed by atoms with E-state index in [9.17, 15) is 4.79 Å². The maximum absolute atomic E-state index is 11.1. The van der Waals surface area contributed by atoms with E-state index in [4.69, 9.17) is 5.73 Å². The molecule has 2 rings (SSSR count). The van der Waals surface area contributed by atoms with Crippen LogP contribution < -0.4 is 16.0 Å². The van der Waals surface area contributed by atoms with Crippen molar-refractivity contribution in [1.29, 1.82) is 0 Å². The van der Waals surface area contributed by atoms with E-state index in [1.54, 1.807) is 18.1 Å². The molecule has 1 amide bonds. The smallest absolute Gasteiger partial charge is 0.237 e. The van der Waals surface area contributed by atoms with Gasteiger partial charge in [0.25, 0.3) is 0 Å². The average molecular weight is 248 g/mol. The van der Waals surface area contributed by atoms with Gasteiger partial charge in [0.1, 0.15) is 5.82 Å². The number of likely N-dealkylation sites (N-methyl/N-ethyl adjacent to an activating group) is 1. The van der Waals surface area contributed by atoms with Crippen molar-refractivity contribution in [2.75, 3.05) is 30.4 Å². The standard InChI is InChI=1S/C11H16N6O/c1-3-16(6-8(12)18)11-10-14-4-5-17(10)7-9(13-2)15-11/h4-5,7,13H,3,6H2,1-2H3,(H2,12,18). The summed E-state index contributed by atoms with van der Waals surface area (Å²) in [7, 11) is 1.79. The van der Waals surface area contributed by atoms with Crippen molar-refractivity contribution in [3.63, 3.8) is 0 Å². The summed E-state index contributed by atoms with van der Waals surface area (Å²) in [4.78, 5) is 21.6. The fourth-order valence-corrected chi connectivity index (χ4v) is 1.77. The zero-order valence-electron chi connectivity index (χ0n) is 10.4. The first-order chi connectivity index (χ1) is 8.65. The van der Waals surface area contributed by atoms with Gasteiger partial charge in [0.15, 0.2) is 11.5 Å². The molecular weight excluding hydrogens is 232 g/mol. The number of hydrogen-bond acceptors (Lipinski definition) is 5. The number of carbonyl (C=O) groups excluding carboxylic acids is 1. The molecule has 7 heteroatoms. The summed E-state index contributed by atoms with van der Waals surface area (Å²) in [5.74, 6) is 0.963. The van der Waals surface area contributed by atoms with Gasteiger partial charge in [0.2, 0.25) is 5.91 Å². The summed E-state index contributed by atoms with van der Waals surface area (Å²) < 4.78 is 1.86. The maximum Gasteiger partial charge on any atom is 0.237 e. The number of nitrogens with zero attached hydrogens (tertiary/aromatic N) is 4. The molecule has 0 aromatic carbocycles. The molecule has 0 saturated carbocycles. The molecule has 96 valence electrons. The van der Waals surface area contributed by atoms with Crippen LogP contribution in [0.1, 0.15) is 6.92 Å². The van der Waals surface area contributed by atoms with Crippen LogP contribution in [0.15, 0.2) is 18.6 Å². The molecule has 0 fully saturated rings. The van der Waals surface area contributed by atoms with E-state index in [1.807, 2.05) is 23.7 Å². The van der Waals surface area contributed by atoms with E-state index in [2.05, 4.69) is 15.3 Å². The lowest BCUT2D eigenvalue weighted by Gasteiger charge is -2.21. The molecule has 2 aromatic rings. The van der Waals surface area contributed by atoms with Gasteiger partial charge in [-0.2, -0.15) is 0 Å². The fraction of sp³-hybridized carbons (Fsp3) is 0.364. The molecule has 2 aromatic heterocycles. The Hall–Kier alpha value is -2.31. The van der Waals surface area contributed by atoms with Gasteiger partial charge in [0, 0.05) is 26.0 Å². The second-order valence-corrected chi connectivity index (χ2v) is 3.84. The Morgan fingerprint density at radius 3 is 3.00 bits per heavy atom. The number of nitrogens with two attached hydrogens (primary N) is 1. The Morgan fingerprint density at radius 1 is 1.61 bits per heavy atom. The molecule has 0 atom stereocenters. The van der Waals surface area contributed by atoms with Crippen LogP contribution in [-0.2, 0) is 4.79 Å². The highest BCUT2D eigenvalue weighted by molar-refractivity contribution is 5.81. The van der Waals surface area contributed by atoms with Crippen LogP contribution in [0, 0.1) is 0 Å². The van der Waals surface area contributed by atoms with E-state index in [1.165, 1.54) is 0 Å². The minimum atomic E-state index is -0.391. The molecular formula is C11H16N6O. The Morgan fingerprint density at radius 2 is 2.39 bits per heavy atom. The van der Waals surface area contributed by atoms with Crippen molar-refractivity contribution in [1.82, 2.24) is 14.4 Å². The first kappa shape index (κ1) is 12.2. The highest BCUT2D eigenvalue weighted by atomic mass is 16.1. The summed E-state index contributed by atoms with van der Waals surface area (Å²) in [5, 5.41) is 2.98.